The van der Waals surface area contributed by atoms with Crippen LogP contribution in [0.15, 0.2) is 40.9 Å². The topological polar surface area (TPSA) is 78.0 Å². The summed E-state index contributed by atoms with van der Waals surface area (Å²) in [7, 11) is 1.65. The van der Waals surface area contributed by atoms with Crippen LogP contribution in [0.3, 0.4) is 0 Å². The Hall–Kier alpha value is -2.83. The molecular weight excluding hydrogens is 294 g/mol. The van der Waals surface area contributed by atoms with Crippen LogP contribution in [-0.2, 0) is 6.54 Å². The number of hydrogen-bond donors (Lipinski definition) is 1. The molecule has 0 saturated heterocycles. The first kappa shape index (κ1) is 13.8. The van der Waals surface area contributed by atoms with E-state index in [0.29, 0.717) is 18.5 Å². The van der Waals surface area contributed by atoms with E-state index in [1.165, 1.54) is 0 Å². The standard InChI is InChI=1S/C16H17N5O2/c1-22-14-6-4-13(5-7-14)21-9-8-12(20-21)10-17-16-19-18-15(23-16)11-2-3-11/h4-9,11H,2-3,10H2,1H3,(H,17,19). The van der Waals surface area contributed by atoms with Crippen molar-refractivity contribution in [2.24, 2.45) is 0 Å². The highest BCUT2D eigenvalue weighted by Crippen LogP contribution is 2.39. The number of anilines is 1. The Morgan fingerprint density at radius 3 is 2.78 bits per heavy atom. The second-order valence-corrected chi connectivity index (χ2v) is 5.52. The molecule has 0 bridgehead atoms. The zero-order valence-electron chi connectivity index (χ0n) is 12.8. The smallest absolute Gasteiger partial charge is 0.315 e. The molecule has 1 aliphatic rings. The van der Waals surface area contributed by atoms with E-state index in [2.05, 4.69) is 20.6 Å². The van der Waals surface area contributed by atoms with E-state index < -0.39 is 0 Å². The number of hydrogen-bond acceptors (Lipinski definition) is 6. The maximum Gasteiger partial charge on any atom is 0.315 e. The average molecular weight is 311 g/mol. The highest BCUT2D eigenvalue weighted by atomic mass is 16.5. The van der Waals surface area contributed by atoms with E-state index in [-0.39, 0.29) is 0 Å². The van der Waals surface area contributed by atoms with Crippen LogP contribution in [0.5, 0.6) is 5.75 Å². The molecule has 2 heterocycles. The fraction of sp³-hybridized carbons (Fsp3) is 0.312. The van der Waals surface area contributed by atoms with Crippen molar-refractivity contribution in [3.63, 3.8) is 0 Å². The molecule has 7 heteroatoms. The lowest BCUT2D eigenvalue weighted by Gasteiger charge is -2.03. The molecule has 0 amide bonds. The Morgan fingerprint density at radius 1 is 1.22 bits per heavy atom. The summed E-state index contributed by atoms with van der Waals surface area (Å²) in [4.78, 5) is 0. The molecule has 118 valence electrons. The van der Waals surface area contributed by atoms with Crippen molar-refractivity contribution in [2.45, 2.75) is 25.3 Å². The van der Waals surface area contributed by atoms with Crippen LogP contribution in [0.4, 0.5) is 6.01 Å². The first-order chi connectivity index (χ1) is 11.3. The highest BCUT2D eigenvalue weighted by Gasteiger charge is 2.29. The van der Waals surface area contributed by atoms with E-state index in [1.54, 1.807) is 7.11 Å². The van der Waals surface area contributed by atoms with Gasteiger partial charge in [-0.1, -0.05) is 5.10 Å². The molecule has 1 fully saturated rings. The number of ether oxygens (including phenoxy) is 1. The third-order valence-electron chi connectivity index (χ3n) is 3.77. The van der Waals surface area contributed by atoms with Gasteiger partial charge in [-0.2, -0.15) is 5.10 Å². The molecule has 0 unspecified atom stereocenters. The lowest BCUT2D eigenvalue weighted by Crippen LogP contribution is -2.02. The monoisotopic (exact) mass is 311 g/mol. The van der Waals surface area contributed by atoms with Gasteiger partial charge in [0, 0.05) is 12.1 Å². The van der Waals surface area contributed by atoms with Gasteiger partial charge in [0.25, 0.3) is 0 Å². The molecule has 0 aliphatic heterocycles. The zero-order chi connectivity index (χ0) is 15.6. The maximum absolute atomic E-state index is 5.56. The first-order valence-corrected chi connectivity index (χ1v) is 7.58. The van der Waals surface area contributed by atoms with Gasteiger partial charge in [-0.25, -0.2) is 4.68 Å². The molecule has 4 rings (SSSR count). The zero-order valence-corrected chi connectivity index (χ0v) is 12.8. The van der Waals surface area contributed by atoms with E-state index >= 15 is 0 Å². The fourth-order valence-electron chi connectivity index (χ4n) is 2.30. The minimum absolute atomic E-state index is 0.450. The average Bonchev–Trinajstić information content (AvgIpc) is 3.15. The van der Waals surface area contributed by atoms with E-state index in [9.17, 15) is 0 Å². The van der Waals surface area contributed by atoms with Gasteiger partial charge in [0.2, 0.25) is 5.89 Å². The summed E-state index contributed by atoms with van der Waals surface area (Å²) in [5.41, 5.74) is 1.87. The molecule has 0 spiro atoms. The van der Waals surface area contributed by atoms with Crippen LogP contribution >= 0.6 is 0 Å². The molecule has 7 nitrogen and oxygen atoms in total. The van der Waals surface area contributed by atoms with Crippen LogP contribution in [-0.4, -0.2) is 27.1 Å². The SMILES string of the molecule is COc1ccc(-n2ccc(CNc3nnc(C4CC4)o3)n2)cc1. The maximum atomic E-state index is 5.56. The van der Waals surface area contributed by atoms with E-state index in [0.717, 1.165) is 35.9 Å². The molecule has 23 heavy (non-hydrogen) atoms. The van der Waals surface area contributed by atoms with Crippen molar-refractivity contribution < 1.29 is 9.15 Å². The Morgan fingerprint density at radius 2 is 2.04 bits per heavy atom. The third-order valence-corrected chi connectivity index (χ3v) is 3.77. The molecule has 1 N–H and O–H groups in total. The Labute approximate surface area is 133 Å². The van der Waals surface area contributed by atoms with Gasteiger partial charge >= 0.3 is 6.01 Å². The number of rotatable bonds is 6. The van der Waals surface area contributed by atoms with Crippen molar-refractivity contribution in [2.75, 3.05) is 12.4 Å². The molecule has 0 atom stereocenters. The van der Waals surface area contributed by atoms with E-state index in [1.807, 2.05) is 41.2 Å². The summed E-state index contributed by atoms with van der Waals surface area (Å²) in [6.45, 7) is 0.537. The number of methoxy groups -OCH3 is 1. The van der Waals surface area contributed by atoms with Crippen molar-refractivity contribution in [1.29, 1.82) is 0 Å². The predicted octanol–water partition coefficient (Wildman–Crippen LogP) is 2.75. The minimum Gasteiger partial charge on any atom is -0.497 e. The molecule has 1 aromatic carbocycles. The van der Waals surface area contributed by atoms with Gasteiger partial charge in [0.15, 0.2) is 0 Å². The summed E-state index contributed by atoms with van der Waals surface area (Å²) in [5, 5.41) is 15.7. The molecule has 1 aliphatic carbocycles. The highest BCUT2D eigenvalue weighted by molar-refractivity contribution is 5.37. The lowest BCUT2D eigenvalue weighted by atomic mass is 10.3. The van der Waals surface area contributed by atoms with Gasteiger partial charge in [-0.3, -0.25) is 0 Å². The summed E-state index contributed by atoms with van der Waals surface area (Å²) < 4.78 is 12.5. The lowest BCUT2D eigenvalue weighted by molar-refractivity contribution is 0.414. The van der Waals surface area contributed by atoms with Crippen LogP contribution in [0.2, 0.25) is 0 Å². The third kappa shape index (κ3) is 3.03. The van der Waals surface area contributed by atoms with Crippen molar-refractivity contribution in [3.05, 3.63) is 48.1 Å². The predicted molar refractivity (Wildman–Crippen MR) is 83.7 cm³/mol. The number of nitrogens with zero attached hydrogens (tertiary/aromatic N) is 4. The summed E-state index contributed by atoms with van der Waals surface area (Å²) in [5.74, 6) is 2.02. The molecule has 1 saturated carbocycles. The van der Waals surface area contributed by atoms with Gasteiger partial charge in [-0.15, -0.1) is 5.10 Å². The number of benzene rings is 1. The van der Waals surface area contributed by atoms with Gasteiger partial charge < -0.3 is 14.5 Å². The van der Waals surface area contributed by atoms with Gasteiger partial charge in [0.05, 0.1) is 25.0 Å². The molecule has 0 radical (unpaired) electrons. The van der Waals surface area contributed by atoms with Crippen molar-refractivity contribution >= 4 is 6.01 Å². The quantitative estimate of drug-likeness (QED) is 0.754. The largest absolute Gasteiger partial charge is 0.497 e. The van der Waals surface area contributed by atoms with Crippen molar-refractivity contribution in [1.82, 2.24) is 20.0 Å². The van der Waals surface area contributed by atoms with E-state index in [4.69, 9.17) is 9.15 Å². The normalized spacial score (nSPS) is 14.0. The van der Waals surface area contributed by atoms with Crippen LogP contribution < -0.4 is 10.1 Å². The molecule has 2 aromatic heterocycles. The first-order valence-electron chi connectivity index (χ1n) is 7.58. The second-order valence-electron chi connectivity index (χ2n) is 5.52. The summed E-state index contributed by atoms with van der Waals surface area (Å²) >= 11 is 0. The van der Waals surface area contributed by atoms with Crippen molar-refractivity contribution in [3.8, 4) is 11.4 Å². The van der Waals surface area contributed by atoms with Crippen LogP contribution in [0, 0.1) is 0 Å². The minimum atomic E-state index is 0.450. The number of nitrogens with one attached hydrogen (secondary N) is 1. The number of aromatic nitrogens is 4. The summed E-state index contributed by atoms with van der Waals surface area (Å²) in [6.07, 6.45) is 4.21. The molecule has 3 aromatic rings. The Kier molecular flexibility index (Phi) is 3.45. The van der Waals surface area contributed by atoms with Gasteiger partial charge in [0.1, 0.15) is 5.75 Å². The van der Waals surface area contributed by atoms with Crippen LogP contribution in [0.25, 0.3) is 5.69 Å². The summed E-state index contributed by atoms with van der Waals surface area (Å²) in [6, 6.07) is 10.1. The Balaban J connectivity index is 1.40. The van der Waals surface area contributed by atoms with Gasteiger partial charge in [-0.05, 0) is 43.2 Å². The Bertz CT molecular complexity index is 789. The second kappa shape index (κ2) is 5.75. The van der Waals surface area contributed by atoms with Crippen LogP contribution in [0.1, 0.15) is 30.3 Å². The fourth-order valence-corrected chi connectivity index (χ4v) is 2.30. The molecular formula is C16H17N5O2.